The van der Waals surface area contributed by atoms with Crippen molar-refractivity contribution in [3.05, 3.63) is 0 Å². The van der Waals surface area contributed by atoms with Crippen LogP contribution in [0.4, 0.5) is 0 Å². The van der Waals surface area contributed by atoms with Gasteiger partial charge in [0, 0.05) is 32.4 Å². The van der Waals surface area contributed by atoms with Crippen LogP contribution < -0.4 is 5.11 Å². The minimum absolute atomic E-state index is 0.0744. The van der Waals surface area contributed by atoms with Crippen LogP contribution >= 0.6 is 0 Å². The van der Waals surface area contributed by atoms with Crippen LogP contribution in [0.3, 0.4) is 0 Å². The molecule has 0 radical (unpaired) electrons. The molecular formula is C9H16NO3-. The van der Waals surface area contributed by atoms with E-state index in [0.717, 1.165) is 12.8 Å². The highest BCUT2D eigenvalue weighted by Crippen LogP contribution is 1.97. The van der Waals surface area contributed by atoms with Crippen LogP contribution in [0.15, 0.2) is 0 Å². The molecule has 1 amide bonds. The molecule has 0 spiro atoms. The second-order valence-corrected chi connectivity index (χ2v) is 2.98. The number of amides is 1. The molecule has 0 saturated carbocycles. The molecule has 0 N–H and O–H groups in total. The van der Waals surface area contributed by atoms with Crippen molar-refractivity contribution in [2.24, 2.45) is 0 Å². The fourth-order valence-electron chi connectivity index (χ4n) is 1.00. The maximum absolute atomic E-state index is 11.0. The Morgan fingerprint density at radius 2 is 1.92 bits per heavy atom. The van der Waals surface area contributed by atoms with Crippen LogP contribution in [0, 0.1) is 0 Å². The summed E-state index contributed by atoms with van der Waals surface area (Å²) in [5, 5.41) is 10.2. The first-order valence-corrected chi connectivity index (χ1v) is 4.53. The molecule has 0 aromatic rings. The molecule has 0 aliphatic heterocycles. The Balaban J connectivity index is 3.80. The normalized spacial score (nSPS) is 9.69. The zero-order valence-electron chi connectivity index (χ0n) is 8.21. The third-order valence-corrected chi connectivity index (χ3v) is 1.81. The van der Waals surface area contributed by atoms with Crippen molar-refractivity contribution < 1.29 is 14.7 Å². The van der Waals surface area contributed by atoms with Gasteiger partial charge in [0.15, 0.2) is 0 Å². The highest BCUT2D eigenvalue weighted by molar-refractivity contribution is 5.74. The summed E-state index contributed by atoms with van der Waals surface area (Å²) in [5.41, 5.74) is 0. The minimum atomic E-state index is -1.11. The van der Waals surface area contributed by atoms with Crippen molar-refractivity contribution in [1.29, 1.82) is 0 Å². The third-order valence-electron chi connectivity index (χ3n) is 1.81. The van der Waals surface area contributed by atoms with Gasteiger partial charge in [-0.15, -0.1) is 0 Å². The number of carbonyl (C=O) groups is 2. The number of hydrogen-bond acceptors (Lipinski definition) is 3. The molecule has 0 aromatic heterocycles. The summed E-state index contributed by atoms with van der Waals surface area (Å²) in [6, 6.07) is 0. The molecule has 0 atom stereocenters. The monoisotopic (exact) mass is 186 g/mol. The van der Waals surface area contributed by atoms with Crippen LogP contribution in [0.1, 0.15) is 33.1 Å². The van der Waals surface area contributed by atoms with Crippen LogP contribution in [0.25, 0.3) is 0 Å². The molecule has 0 bridgehead atoms. The van der Waals surface area contributed by atoms with E-state index in [1.165, 1.54) is 6.92 Å². The molecule has 0 aromatic carbocycles. The van der Waals surface area contributed by atoms with Crippen molar-refractivity contribution in [2.45, 2.75) is 33.1 Å². The Bertz CT molecular complexity index is 180. The molecule has 4 nitrogen and oxygen atoms in total. The quantitative estimate of drug-likeness (QED) is 0.576. The summed E-state index contributed by atoms with van der Waals surface area (Å²) < 4.78 is 0. The van der Waals surface area contributed by atoms with Crippen LogP contribution in [0.5, 0.6) is 0 Å². The molecule has 0 rings (SSSR count). The number of rotatable bonds is 6. The number of hydrogen-bond donors (Lipinski definition) is 0. The fraction of sp³-hybridized carbons (Fsp3) is 0.778. The Labute approximate surface area is 78.5 Å². The zero-order valence-corrected chi connectivity index (χ0v) is 8.21. The topological polar surface area (TPSA) is 60.4 Å². The van der Waals surface area contributed by atoms with Gasteiger partial charge in [-0.25, -0.2) is 0 Å². The maximum Gasteiger partial charge on any atom is 0.219 e. The van der Waals surface area contributed by atoms with E-state index in [1.807, 2.05) is 6.92 Å². The lowest BCUT2D eigenvalue weighted by atomic mass is 10.3. The van der Waals surface area contributed by atoms with Crippen molar-refractivity contribution in [3.63, 3.8) is 0 Å². The number of carboxylic acid groups (broad SMARTS) is 1. The number of unbranched alkanes of at least 4 members (excludes halogenated alkanes) is 1. The van der Waals surface area contributed by atoms with Gasteiger partial charge in [-0.3, -0.25) is 4.79 Å². The first kappa shape index (κ1) is 11.9. The highest BCUT2D eigenvalue weighted by Gasteiger charge is 2.06. The summed E-state index contributed by atoms with van der Waals surface area (Å²) in [6.45, 7) is 4.37. The van der Waals surface area contributed by atoms with Crippen LogP contribution in [0.2, 0.25) is 0 Å². The Morgan fingerprint density at radius 3 is 2.31 bits per heavy atom. The SMILES string of the molecule is CCCCN(CCC(=O)[O-])C(C)=O. The molecule has 0 fully saturated rings. The van der Waals surface area contributed by atoms with Crippen LogP contribution in [-0.4, -0.2) is 29.9 Å². The predicted molar refractivity (Wildman–Crippen MR) is 46.8 cm³/mol. The number of nitrogens with zero attached hydrogens (tertiary/aromatic N) is 1. The van der Waals surface area contributed by atoms with E-state index in [1.54, 1.807) is 4.90 Å². The standard InChI is InChI=1S/C9H17NO3/c1-3-4-6-10(8(2)11)7-5-9(12)13/h3-7H2,1-2H3,(H,12,13)/p-1. The predicted octanol–water partition coefficient (Wildman–Crippen LogP) is -0.225. The zero-order chi connectivity index (χ0) is 10.3. The Morgan fingerprint density at radius 1 is 1.31 bits per heavy atom. The van der Waals surface area contributed by atoms with Gasteiger partial charge < -0.3 is 14.8 Å². The second-order valence-electron chi connectivity index (χ2n) is 2.98. The van der Waals surface area contributed by atoms with Gasteiger partial charge in [0.1, 0.15) is 0 Å². The molecule has 4 heteroatoms. The van der Waals surface area contributed by atoms with Crippen LogP contribution in [-0.2, 0) is 9.59 Å². The van der Waals surface area contributed by atoms with Crippen molar-refractivity contribution in [2.75, 3.05) is 13.1 Å². The average molecular weight is 186 g/mol. The molecular weight excluding hydrogens is 170 g/mol. The van der Waals surface area contributed by atoms with E-state index in [2.05, 4.69) is 0 Å². The molecule has 0 saturated heterocycles. The van der Waals surface area contributed by atoms with Gasteiger partial charge in [0.25, 0.3) is 0 Å². The van der Waals surface area contributed by atoms with E-state index < -0.39 is 5.97 Å². The summed E-state index contributed by atoms with van der Waals surface area (Å²) in [5.74, 6) is -1.18. The largest absolute Gasteiger partial charge is 0.550 e. The Kier molecular flexibility index (Phi) is 5.93. The maximum atomic E-state index is 11.0. The van der Waals surface area contributed by atoms with Gasteiger partial charge in [-0.1, -0.05) is 13.3 Å². The van der Waals surface area contributed by atoms with Crippen molar-refractivity contribution in [1.82, 2.24) is 4.90 Å². The van der Waals surface area contributed by atoms with E-state index >= 15 is 0 Å². The molecule has 0 aliphatic carbocycles. The summed E-state index contributed by atoms with van der Waals surface area (Å²) in [4.78, 5) is 22.7. The van der Waals surface area contributed by atoms with Gasteiger partial charge in [-0.05, 0) is 6.42 Å². The lowest BCUT2D eigenvalue weighted by molar-refractivity contribution is -0.305. The summed E-state index contributed by atoms with van der Waals surface area (Å²) in [6.07, 6.45) is 1.82. The smallest absolute Gasteiger partial charge is 0.219 e. The van der Waals surface area contributed by atoms with Gasteiger partial charge in [0.2, 0.25) is 5.91 Å². The average Bonchev–Trinajstić information content (AvgIpc) is 2.03. The van der Waals surface area contributed by atoms with E-state index in [4.69, 9.17) is 0 Å². The second kappa shape index (κ2) is 6.46. The molecule has 76 valence electrons. The van der Waals surface area contributed by atoms with E-state index in [0.29, 0.717) is 6.54 Å². The summed E-state index contributed by atoms with van der Waals surface area (Å²) >= 11 is 0. The molecule has 13 heavy (non-hydrogen) atoms. The first-order valence-electron chi connectivity index (χ1n) is 4.53. The summed E-state index contributed by atoms with van der Waals surface area (Å²) in [7, 11) is 0. The van der Waals surface area contributed by atoms with Gasteiger partial charge in [0.05, 0.1) is 0 Å². The lowest BCUT2D eigenvalue weighted by Gasteiger charge is -2.20. The Hall–Kier alpha value is -1.06. The van der Waals surface area contributed by atoms with Gasteiger partial charge >= 0.3 is 0 Å². The van der Waals surface area contributed by atoms with E-state index in [9.17, 15) is 14.7 Å². The van der Waals surface area contributed by atoms with E-state index in [-0.39, 0.29) is 18.9 Å². The highest BCUT2D eigenvalue weighted by atomic mass is 16.4. The number of carbonyl (C=O) groups excluding carboxylic acids is 2. The fourth-order valence-corrected chi connectivity index (χ4v) is 1.00. The molecule has 0 aliphatic rings. The number of aliphatic carboxylic acids is 1. The minimum Gasteiger partial charge on any atom is -0.550 e. The lowest BCUT2D eigenvalue weighted by Crippen LogP contribution is -2.34. The molecule has 0 heterocycles. The first-order chi connectivity index (χ1) is 6.07. The third kappa shape index (κ3) is 6.13. The van der Waals surface area contributed by atoms with Crippen molar-refractivity contribution in [3.8, 4) is 0 Å². The van der Waals surface area contributed by atoms with Gasteiger partial charge in [-0.2, -0.15) is 0 Å². The van der Waals surface area contributed by atoms with Crippen molar-refractivity contribution >= 4 is 11.9 Å². The number of carboxylic acids is 1. The molecule has 0 unspecified atom stereocenters.